The maximum absolute atomic E-state index is 15.2. The molecule has 5 aromatic rings. The quantitative estimate of drug-likeness (QED) is 0.205. The van der Waals surface area contributed by atoms with Crippen LogP contribution in [-0.2, 0) is 19.8 Å². The van der Waals surface area contributed by atoms with Crippen molar-refractivity contribution in [2.45, 2.75) is 18.8 Å². The highest BCUT2D eigenvalue weighted by atomic mass is 79.9. The lowest BCUT2D eigenvalue weighted by molar-refractivity contribution is -0.267. The third kappa shape index (κ3) is 6.45. The molecule has 2 amide bonds. The van der Waals surface area contributed by atoms with Crippen LogP contribution >= 0.6 is 15.9 Å². The number of nitrogens with zero attached hydrogens (tertiary/aromatic N) is 4. The number of rotatable bonds is 9. The van der Waals surface area contributed by atoms with Gasteiger partial charge in [-0.1, -0.05) is 24.3 Å². The van der Waals surface area contributed by atoms with Gasteiger partial charge in [-0.05, 0) is 52.3 Å². The summed E-state index contributed by atoms with van der Waals surface area (Å²) in [5.74, 6) is -4.88. The summed E-state index contributed by atoms with van der Waals surface area (Å²) in [6, 6.07) is 12.6. The number of para-hydroxylation sites is 2. The highest BCUT2D eigenvalue weighted by Gasteiger charge is 2.32. The van der Waals surface area contributed by atoms with Crippen LogP contribution in [0.25, 0.3) is 22.3 Å². The van der Waals surface area contributed by atoms with Crippen molar-refractivity contribution in [3.05, 3.63) is 99.8 Å². The van der Waals surface area contributed by atoms with Crippen LogP contribution in [0.2, 0.25) is 0 Å². The third-order valence-electron chi connectivity index (χ3n) is 6.79. The molecule has 0 fully saturated rings. The van der Waals surface area contributed by atoms with Gasteiger partial charge in [0.1, 0.15) is 29.0 Å². The van der Waals surface area contributed by atoms with E-state index in [9.17, 15) is 32.3 Å². The Labute approximate surface area is 259 Å². The number of hydrogen-bond acceptors (Lipinski definition) is 7. The van der Waals surface area contributed by atoms with Gasteiger partial charge in [0, 0.05) is 12.6 Å². The standard InChI is InChI=1S/C29H21BrF5N5O5/c1-39-18-5-3-2-4-17(18)37-21(39)13-40(28(42)43)12-20(44-19-11-10-16(31)22(23(19)32)26(36)41)27-38-24(25(30)45-27)14-6-8-15(9-7-14)29(33,34)35/h2-11,20H,12-13H2,1H3,(H2,36,41)(H,42,43)/p-1. The summed E-state index contributed by atoms with van der Waals surface area (Å²) >= 11 is 3.15. The highest BCUT2D eigenvalue weighted by Crippen LogP contribution is 2.36. The average Bonchev–Trinajstić information content (AvgIpc) is 3.52. The number of benzene rings is 3. The van der Waals surface area contributed by atoms with Crippen LogP contribution in [0.1, 0.15) is 33.7 Å². The Morgan fingerprint density at radius 1 is 1.09 bits per heavy atom. The number of primary amides is 1. The third-order valence-corrected chi connectivity index (χ3v) is 7.33. The van der Waals surface area contributed by atoms with Crippen molar-refractivity contribution >= 4 is 39.0 Å². The van der Waals surface area contributed by atoms with Crippen LogP contribution in [0.15, 0.2) is 69.8 Å². The van der Waals surface area contributed by atoms with Crippen LogP contribution in [0.3, 0.4) is 0 Å². The summed E-state index contributed by atoms with van der Waals surface area (Å²) in [6.07, 6.45) is -7.83. The molecule has 1 unspecified atom stereocenters. The fourth-order valence-electron chi connectivity index (χ4n) is 4.53. The van der Waals surface area contributed by atoms with E-state index in [2.05, 4.69) is 25.9 Å². The van der Waals surface area contributed by atoms with Gasteiger partial charge in [-0.3, -0.25) is 4.79 Å². The minimum atomic E-state index is -4.58. The van der Waals surface area contributed by atoms with Crippen molar-refractivity contribution in [1.29, 1.82) is 0 Å². The summed E-state index contributed by atoms with van der Waals surface area (Å²) in [7, 11) is 1.67. The lowest BCUT2D eigenvalue weighted by Gasteiger charge is -2.28. The Bertz CT molecular complexity index is 1910. The van der Waals surface area contributed by atoms with Gasteiger partial charge in [0.2, 0.25) is 5.89 Å². The first kappa shape index (κ1) is 31.4. The minimum absolute atomic E-state index is 0.0140. The SMILES string of the molecule is Cn1c(CN(CC(Oc2ccc(F)c(C(N)=O)c2F)c2nc(-c3ccc(C(F)(F)F)cc3)c(Br)o2)C(=O)[O-])nc2ccccc21. The maximum atomic E-state index is 15.2. The number of aryl methyl sites for hydroxylation is 1. The molecule has 0 radical (unpaired) electrons. The Kier molecular flexibility index (Phi) is 8.51. The number of nitrogens with two attached hydrogens (primary N) is 1. The number of hydrogen-bond donors (Lipinski definition) is 1. The monoisotopic (exact) mass is 692 g/mol. The molecule has 10 nitrogen and oxygen atoms in total. The van der Waals surface area contributed by atoms with Crippen molar-refractivity contribution < 1.29 is 45.8 Å². The van der Waals surface area contributed by atoms with Gasteiger partial charge in [0.05, 0.1) is 29.7 Å². The van der Waals surface area contributed by atoms with E-state index in [0.29, 0.717) is 16.9 Å². The number of halogens is 6. The largest absolute Gasteiger partial charge is 0.530 e. The zero-order chi connectivity index (χ0) is 32.6. The second-order valence-corrected chi connectivity index (χ2v) is 10.4. The van der Waals surface area contributed by atoms with E-state index in [1.54, 1.807) is 35.9 Å². The van der Waals surface area contributed by atoms with Crippen LogP contribution in [-0.4, -0.2) is 38.0 Å². The average molecular weight is 693 g/mol. The van der Waals surface area contributed by atoms with Crippen molar-refractivity contribution in [2.24, 2.45) is 12.8 Å². The number of carbonyl (C=O) groups excluding carboxylic acids is 2. The molecule has 5 rings (SSSR count). The lowest BCUT2D eigenvalue weighted by Crippen LogP contribution is -2.44. The van der Waals surface area contributed by atoms with Crippen molar-refractivity contribution in [3.63, 3.8) is 0 Å². The maximum Gasteiger partial charge on any atom is 0.416 e. The lowest BCUT2D eigenvalue weighted by atomic mass is 10.1. The molecule has 0 bridgehead atoms. The Morgan fingerprint density at radius 2 is 1.78 bits per heavy atom. The molecule has 0 aliphatic rings. The number of amides is 2. The van der Waals surface area contributed by atoms with Gasteiger partial charge in [-0.15, -0.1) is 0 Å². The topological polar surface area (TPSA) is 140 Å². The molecule has 0 aliphatic carbocycles. The van der Waals surface area contributed by atoms with E-state index in [0.717, 1.165) is 41.3 Å². The van der Waals surface area contributed by atoms with E-state index in [4.69, 9.17) is 14.9 Å². The van der Waals surface area contributed by atoms with Gasteiger partial charge in [-0.2, -0.15) is 13.2 Å². The summed E-state index contributed by atoms with van der Waals surface area (Å²) in [6.45, 7) is -0.951. The summed E-state index contributed by atoms with van der Waals surface area (Å²) < 4.78 is 81.5. The normalized spacial score (nSPS) is 12.3. The van der Waals surface area contributed by atoms with Gasteiger partial charge < -0.3 is 34.3 Å². The van der Waals surface area contributed by atoms with E-state index in [1.807, 2.05) is 0 Å². The number of ether oxygens (including phenoxy) is 1. The number of fused-ring (bicyclic) bond motifs is 1. The summed E-state index contributed by atoms with van der Waals surface area (Å²) in [4.78, 5) is 33.5. The van der Waals surface area contributed by atoms with Gasteiger partial charge in [-0.25, -0.2) is 18.7 Å². The predicted octanol–water partition coefficient (Wildman–Crippen LogP) is 5.35. The summed E-state index contributed by atoms with van der Waals surface area (Å²) in [5.41, 5.74) is 4.62. The number of imidazole rings is 1. The van der Waals surface area contributed by atoms with Gasteiger partial charge in [0.15, 0.2) is 22.3 Å². The number of carbonyl (C=O) groups is 2. The second kappa shape index (κ2) is 12.2. The smallest absolute Gasteiger partial charge is 0.416 e. The van der Waals surface area contributed by atoms with Gasteiger partial charge in [0.25, 0.3) is 5.91 Å². The molecular formula is C29H20BrF5N5O5-. The molecule has 3 aromatic carbocycles. The van der Waals surface area contributed by atoms with Crippen molar-refractivity contribution in [3.8, 4) is 17.0 Å². The van der Waals surface area contributed by atoms with E-state index in [-0.39, 0.29) is 28.4 Å². The molecule has 2 heterocycles. The zero-order valence-corrected chi connectivity index (χ0v) is 24.5. The number of aromatic nitrogens is 3. The second-order valence-electron chi connectivity index (χ2n) is 9.68. The fourth-order valence-corrected chi connectivity index (χ4v) is 5.01. The first-order valence-corrected chi connectivity index (χ1v) is 13.7. The molecule has 0 saturated carbocycles. The zero-order valence-electron chi connectivity index (χ0n) is 22.9. The van der Waals surface area contributed by atoms with E-state index >= 15 is 4.39 Å². The molecule has 45 heavy (non-hydrogen) atoms. The predicted molar refractivity (Wildman–Crippen MR) is 149 cm³/mol. The molecule has 1 atom stereocenters. The number of alkyl halides is 3. The Morgan fingerprint density at radius 3 is 2.40 bits per heavy atom. The minimum Gasteiger partial charge on any atom is -0.530 e. The Hall–Kier alpha value is -4.99. The molecule has 16 heteroatoms. The molecule has 0 spiro atoms. The fraction of sp³-hybridized carbons (Fsp3) is 0.172. The first-order chi connectivity index (χ1) is 21.2. The number of carboxylic acid groups (broad SMARTS) is 1. The van der Waals surface area contributed by atoms with E-state index < -0.39 is 59.3 Å². The molecule has 2 aromatic heterocycles. The van der Waals surface area contributed by atoms with E-state index in [1.165, 1.54) is 0 Å². The first-order valence-electron chi connectivity index (χ1n) is 12.9. The molecule has 234 valence electrons. The summed E-state index contributed by atoms with van der Waals surface area (Å²) in [5, 5.41) is 12.3. The van der Waals surface area contributed by atoms with Crippen molar-refractivity contribution in [1.82, 2.24) is 19.4 Å². The van der Waals surface area contributed by atoms with Crippen LogP contribution in [0.4, 0.5) is 26.7 Å². The molecule has 0 aliphatic heterocycles. The molecular weight excluding hydrogens is 673 g/mol. The van der Waals surface area contributed by atoms with Crippen LogP contribution < -0.4 is 15.6 Å². The molecule has 0 saturated heterocycles. The van der Waals surface area contributed by atoms with Crippen LogP contribution in [0, 0.1) is 11.6 Å². The molecule has 2 N–H and O–H groups in total. The van der Waals surface area contributed by atoms with Crippen LogP contribution in [0.5, 0.6) is 5.75 Å². The van der Waals surface area contributed by atoms with Crippen molar-refractivity contribution in [2.75, 3.05) is 6.54 Å². The van der Waals surface area contributed by atoms with Gasteiger partial charge >= 0.3 is 6.18 Å². The Balaban J connectivity index is 1.54. The number of oxazole rings is 1. The highest BCUT2D eigenvalue weighted by molar-refractivity contribution is 9.10.